The lowest BCUT2D eigenvalue weighted by molar-refractivity contribution is 0.673. The first kappa shape index (κ1) is 10.2. The molecular formula is C13H15ClN2. The number of para-hydroxylation sites is 1. The second-order valence-corrected chi connectivity index (χ2v) is 5.35. The highest BCUT2D eigenvalue weighted by Crippen LogP contribution is 2.38. The number of hydrogen-bond acceptors (Lipinski definition) is 1. The highest BCUT2D eigenvalue weighted by molar-refractivity contribution is 6.35. The Hall–Kier alpha value is -0.990. The third kappa shape index (κ3) is 1.53. The summed E-state index contributed by atoms with van der Waals surface area (Å²) in [5.41, 5.74) is 8.77. The van der Waals surface area contributed by atoms with E-state index < -0.39 is 0 Å². The molecular weight excluding hydrogens is 220 g/mol. The predicted octanol–water partition coefficient (Wildman–Crippen LogP) is 2.87. The second-order valence-electron chi connectivity index (χ2n) is 4.94. The van der Waals surface area contributed by atoms with E-state index >= 15 is 0 Å². The van der Waals surface area contributed by atoms with Gasteiger partial charge in [0.15, 0.2) is 0 Å². The van der Waals surface area contributed by atoms with Crippen LogP contribution in [0.2, 0.25) is 5.02 Å². The van der Waals surface area contributed by atoms with Crippen LogP contribution in [0.25, 0.3) is 10.9 Å². The van der Waals surface area contributed by atoms with E-state index in [0.717, 1.165) is 29.7 Å². The molecule has 16 heavy (non-hydrogen) atoms. The van der Waals surface area contributed by atoms with Crippen LogP contribution in [0.3, 0.4) is 0 Å². The molecule has 0 saturated heterocycles. The predicted molar refractivity (Wildman–Crippen MR) is 67.8 cm³/mol. The third-order valence-electron chi connectivity index (χ3n) is 3.47. The van der Waals surface area contributed by atoms with Gasteiger partial charge < -0.3 is 10.3 Å². The molecule has 1 aromatic carbocycles. The number of benzene rings is 1. The van der Waals surface area contributed by atoms with Crippen molar-refractivity contribution in [3.8, 4) is 0 Å². The molecule has 1 aliphatic carbocycles. The number of halogens is 1. The van der Waals surface area contributed by atoms with Crippen LogP contribution in [-0.4, -0.2) is 10.1 Å². The molecule has 2 nitrogen and oxygen atoms in total. The van der Waals surface area contributed by atoms with Crippen molar-refractivity contribution in [2.75, 3.05) is 0 Å². The molecule has 3 heteroatoms. The molecule has 1 fully saturated rings. The summed E-state index contributed by atoms with van der Waals surface area (Å²) in [5.74, 6) is 0. The molecule has 0 radical (unpaired) electrons. The van der Waals surface area contributed by atoms with Gasteiger partial charge in [-0.1, -0.05) is 29.8 Å². The van der Waals surface area contributed by atoms with Crippen LogP contribution < -0.4 is 5.73 Å². The van der Waals surface area contributed by atoms with Crippen molar-refractivity contribution < 1.29 is 0 Å². The van der Waals surface area contributed by atoms with Crippen molar-refractivity contribution in [1.29, 1.82) is 0 Å². The average molecular weight is 235 g/mol. The van der Waals surface area contributed by atoms with E-state index in [0.29, 0.717) is 0 Å². The van der Waals surface area contributed by atoms with Gasteiger partial charge in [0.05, 0.1) is 10.5 Å². The van der Waals surface area contributed by atoms with Gasteiger partial charge in [0.2, 0.25) is 0 Å². The molecule has 0 bridgehead atoms. The van der Waals surface area contributed by atoms with Crippen molar-refractivity contribution in [2.45, 2.75) is 24.8 Å². The van der Waals surface area contributed by atoms with E-state index in [1.807, 2.05) is 13.2 Å². The molecule has 0 amide bonds. The molecule has 0 spiro atoms. The number of aryl methyl sites for hydroxylation is 1. The molecule has 1 aliphatic rings. The number of nitrogens with zero attached hydrogens (tertiary/aromatic N) is 1. The molecule has 1 aromatic heterocycles. The first-order valence-corrected chi connectivity index (χ1v) is 5.98. The number of nitrogens with two attached hydrogens (primary N) is 1. The van der Waals surface area contributed by atoms with Crippen LogP contribution >= 0.6 is 11.6 Å². The zero-order valence-corrected chi connectivity index (χ0v) is 10.1. The maximum Gasteiger partial charge on any atom is 0.0661 e. The molecule has 1 saturated carbocycles. The van der Waals surface area contributed by atoms with Gasteiger partial charge in [-0.2, -0.15) is 0 Å². The Kier molecular flexibility index (Phi) is 2.07. The second kappa shape index (κ2) is 3.25. The minimum atomic E-state index is 0.0467. The standard InChI is InChI=1S/C13H15ClN2/c1-16-8-11(14)10-4-2-3-9(12(10)16)7-13(15)5-6-13/h2-4,8H,5-7,15H2,1H3. The van der Waals surface area contributed by atoms with Gasteiger partial charge in [0.25, 0.3) is 0 Å². The van der Waals surface area contributed by atoms with E-state index in [2.05, 4.69) is 22.8 Å². The van der Waals surface area contributed by atoms with Crippen molar-refractivity contribution in [3.05, 3.63) is 35.0 Å². The fraction of sp³-hybridized carbons (Fsp3) is 0.385. The topological polar surface area (TPSA) is 30.9 Å². The minimum Gasteiger partial charge on any atom is -0.349 e. The lowest BCUT2D eigenvalue weighted by atomic mass is 10.0. The molecule has 0 atom stereocenters. The van der Waals surface area contributed by atoms with Crippen LogP contribution in [0.15, 0.2) is 24.4 Å². The fourth-order valence-corrected chi connectivity index (χ4v) is 2.66. The number of hydrogen-bond donors (Lipinski definition) is 1. The van der Waals surface area contributed by atoms with Gasteiger partial charge in [0.1, 0.15) is 0 Å². The van der Waals surface area contributed by atoms with E-state index in [1.54, 1.807) is 0 Å². The molecule has 2 aromatic rings. The van der Waals surface area contributed by atoms with Crippen LogP contribution in [0.1, 0.15) is 18.4 Å². The zero-order valence-electron chi connectivity index (χ0n) is 9.33. The third-order valence-corrected chi connectivity index (χ3v) is 3.77. The molecule has 0 aliphatic heterocycles. The maximum absolute atomic E-state index is 6.18. The first-order valence-electron chi connectivity index (χ1n) is 5.60. The quantitative estimate of drug-likeness (QED) is 0.851. The van der Waals surface area contributed by atoms with E-state index in [4.69, 9.17) is 17.3 Å². The number of rotatable bonds is 2. The Morgan fingerprint density at radius 1 is 1.44 bits per heavy atom. The fourth-order valence-electron chi connectivity index (χ4n) is 2.36. The molecule has 0 unspecified atom stereocenters. The number of fused-ring (bicyclic) bond motifs is 1. The van der Waals surface area contributed by atoms with Crippen LogP contribution in [0, 0.1) is 0 Å². The lowest BCUT2D eigenvalue weighted by Gasteiger charge is -2.11. The van der Waals surface area contributed by atoms with E-state index in [9.17, 15) is 0 Å². The van der Waals surface area contributed by atoms with E-state index in [-0.39, 0.29) is 5.54 Å². The Labute approximate surface area is 100.0 Å². The summed E-state index contributed by atoms with van der Waals surface area (Å²) in [6.45, 7) is 0. The van der Waals surface area contributed by atoms with Crippen molar-refractivity contribution in [2.24, 2.45) is 12.8 Å². The van der Waals surface area contributed by atoms with Gasteiger partial charge in [0, 0.05) is 24.2 Å². The molecule has 84 valence electrons. The number of aromatic nitrogens is 1. The zero-order chi connectivity index (χ0) is 11.3. The molecule has 3 rings (SSSR count). The lowest BCUT2D eigenvalue weighted by Crippen LogP contribution is -2.24. The largest absolute Gasteiger partial charge is 0.349 e. The summed E-state index contributed by atoms with van der Waals surface area (Å²) in [7, 11) is 2.04. The van der Waals surface area contributed by atoms with Crippen LogP contribution in [0.4, 0.5) is 0 Å². The Balaban J connectivity index is 2.16. The first-order chi connectivity index (χ1) is 7.59. The Bertz CT molecular complexity index is 552. The summed E-state index contributed by atoms with van der Waals surface area (Å²) < 4.78 is 2.10. The maximum atomic E-state index is 6.18. The van der Waals surface area contributed by atoms with Crippen molar-refractivity contribution in [3.63, 3.8) is 0 Å². The van der Waals surface area contributed by atoms with Crippen molar-refractivity contribution >= 4 is 22.5 Å². The Morgan fingerprint density at radius 2 is 2.19 bits per heavy atom. The highest BCUT2D eigenvalue weighted by Gasteiger charge is 2.38. The van der Waals surface area contributed by atoms with Gasteiger partial charge in [-0.3, -0.25) is 0 Å². The van der Waals surface area contributed by atoms with Gasteiger partial charge >= 0.3 is 0 Å². The summed E-state index contributed by atoms with van der Waals surface area (Å²) in [5, 5.41) is 1.95. The van der Waals surface area contributed by atoms with Gasteiger partial charge in [-0.15, -0.1) is 0 Å². The van der Waals surface area contributed by atoms with E-state index in [1.165, 1.54) is 11.1 Å². The normalized spacial score (nSPS) is 17.9. The van der Waals surface area contributed by atoms with Crippen molar-refractivity contribution in [1.82, 2.24) is 4.57 Å². The van der Waals surface area contributed by atoms with Crippen LogP contribution in [-0.2, 0) is 13.5 Å². The SMILES string of the molecule is Cn1cc(Cl)c2cccc(CC3(N)CC3)c21. The Morgan fingerprint density at radius 3 is 2.88 bits per heavy atom. The molecule has 1 heterocycles. The summed E-state index contributed by atoms with van der Waals surface area (Å²) in [4.78, 5) is 0. The molecule has 2 N–H and O–H groups in total. The minimum absolute atomic E-state index is 0.0467. The monoisotopic (exact) mass is 234 g/mol. The van der Waals surface area contributed by atoms with Crippen LogP contribution in [0.5, 0.6) is 0 Å². The summed E-state index contributed by atoms with van der Waals surface area (Å²) >= 11 is 6.18. The van der Waals surface area contributed by atoms with Gasteiger partial charge in [-0.05, 0) is 24.8 Å². The smallest absolute Gasteiger partial charge is 0.0661 e. The highest BCUT2D eigenvalue weighted by atomic mass is 35.5. The van der Waals surface area contributed by atoms with Gasteiger partial charge in [-0.25, -0.2) is 0 Å². The average Bonchev–Trinajstić information content (AvgIpc) is 2.87. The summed E-state index contributed by atoms with van der Waals surface area (Å²) in [6.07, 6.45) is 5.20. The summed E-state index contributed by atoms with van der Waals surface area (Å²) in [6, 6.07) is 6.29.